The predicted octanol–water partition coefficient (Wildman–Crippen LogP) is 3.32. The molecule has 0 aliphatic carbocycles. The Hall–Kier alpha value is -2.00. The molecule has 0 saturated carbocycles. The number of carbonyl (C=O) groups is 1. The minimum Gasteiger partial charge on any atom is -0.495 e. The summed E-state index contributed by atoms with van der Waals surface area (Å²) in [5.74, 6) is 0.247. The zero-order chi connectivity index (χ0) is 20.2. The third-order valence-electron chi connectivity index (χ3n) is 3.58. The van der Waals surface area contributed by atoms with Gasteiger partial charge >= 0.3 is 0 Å². The fourth-order valence-corrected chi connectivity index (χ4v) is 3.97. The monoisotopic (exact) mass is 432 g/mol. The van der Waals surface area contributed by atoms with Gasteiger partial charge in [0, 0.05) is 5.69 Å². The van der Waals surface area contributed by atoms with E-state index >= 15 is 0 Å². The van der Waals surface area contributed by atoms with E-state index in [1.807, 2.05) is 0 Å². The molecule has 27 heavy (non-hydrogen) atoms. The summed E-state index contributed by atoms with van der Waals surface area (Å²) in [6, 6.07) is 7.65. The number of rotatable bonds is 7. The highest BCUT2D eigenvalue weighted by atomic mass is 35.5. The molecule has 1 atom stereocenters. The fourth-order valence-electron chi connectivity index (χ4n) is 2.16. The van der Waals surface area contributed by atoms with Gasteiger partial charge in [0.25, 0.3) is 0 Å². The number of carbonyl (C=O) groups excluding carboxylic acids is 1. The number of amides is 1. The molecule has 0 aliphatic heterocycles. The molecule has 0 radical (unpaired) electrons. The fraction of sp³-hybridized carbons (Fsp3) is 0.235. The van der Waals surface area contributed by atoms with Crippen molar-refractivity contribution in [1.82, 2.24) is 4.72 Å². The third-order valence-corrected chi connectivity index (χ3v) is 5.71. The lowest BCUT2D eigenvalue weighted by atomic mass is 10.2. The zero-order valence-corrected chi connectivity index (χ0v) is 17.1. The van der Waals surface area contributed by atoms with Crippen LogP contribution in [0.3, 0.4) is 0 Å². The number of nitrogens with one attached hydrogen (secondary N) is 2. The van der Waals surface area contributed by atoms with Crippen LogP contribution in [0.1, 0.15) is 6.92 Å². The van der Waals surface area contributed by atoms with Gasteiger partial charge in [-0.3, -0.25) is 4.79 Å². The number of methoxy groups -OCH3 is 2. The lowest BCUT2D eigenvalue weighted by Crippen LogP contribution is -2.41. The summed E-state index contributed by atoms with van der Waals surface area (Å²) < 4.78 is 37.2. The van der Waals surface area contributed by atoms with Crippen molar-refractivity contribution in [2.45, 2.75) is 17.9 Å². The van der Waals surface area contributed by atoms with E-state index in [1.165, 1.54) is 45.4 Å². The largest absolute Gasteiger partial charge is 0.495 e. The second kappa shape index (κ2) is 8.79. The topological polar surface area (TPSA) is 93.7 Å². The van der Waals surface area contributed by atoms with E-state index in [9.17, 15) is 13.2 Å². The minimum absolute atomic E-state index is 0.0829. The van der Waals surface area contributed by atoms with Crippen molar-refractivity contribution in [3.8, 4) is 11.5 Å². The highest BCUT2D eigenvalue weighted by Gasteiger charge is 2.23. The summed E-state index contributed by atoms with van der Waals surface area (Å²) in [6.07, 6.45) is 0. The number of benzene rings is 2. The van der Waals surface area contributed by atoms with Crippen LogP contribution >= 0.6 is 23.2 Å². The van der Waals surface area contributed by atoms with Gasteiger partial charge in [-0.05, 0) is 43.3 Å². The number of hydrogen-bond acceptors (Lipinski definition) is 5. The van der Waals surface area contributed by atoms with E-state index in [-0.39, 0.29) is 9.92 Å². The molecule has 2 rings (SSSR count). The molecule has 2 N–H and O–H groups in total. The van der Waals surface area contributed by atoms with Crippen molar-refractivity contribution in [3.05, 3.63) is 46.4 Å². The van der Waals surface area contributed by atoms with Gasteiger partial charge in [0.05, 0.1) is 35.2 Å². The maximum Gasteiger partial charge on any atom is 0.242 e. The van der Waals surface area contributed by atoms with Crippen LogP contribution in [0, 0.1) is 0 Å². The summed E-state index contributed by atoms with van der Waals surface area (Å²) in [5.41, 5.74) is 0.407. The van der Waals surface area contributed by atoms with Gasteiger partial charge in [-0.1, -0.05) is 23.2 Å². The first-order valence-electron chi connectivity index (χ1n) is 7.68. The molecule has 1 amide bonds. The van der Waals surface area contributed by atoms with E-state index < -0.39 is 22.0 Å². The number of hydrogen-bond donors (Lipinski definition) is 2. The number of ether oxygens (including phenoxy) is 2. The van der Waals surface area contributed by atoms with Crippen LogP contribution in [0.15, 0.2) is 41.3 Å². The number of halogens is 2. The smallest absolute Gasteiger partial charge is 0.242 e. The van der Waals surface area contributed by atoms with Gasteiger partial charge < -0.3 is 14.8 Å². The maximum absolute atomic E-state index is 12.5. The first-order chi connectivity index (χ1) is 12.7. The van der Waals surface area contributed by atoms with Gasteiger partial charge in [0.15, 0.2) is 0 Å². The van der Waals surface area contributed by atoms with Crippen LogP contribution in [0.25, 0.3) is 0 Å². The molecule has 0 aliphatic rings. The summed E-state index contributed by atoms with van der Waals surface area (Å²) >= 11 is 12.0. The lowest BCUT2D eigenvalue weighted by Gasteiger charge is -2.15. The molecule has 0 unspecified atom stereocenters. The number of anilines is 1. The molecule has 0 heterocycles. The average molecular weight is 433 g/mol. The Morgan fingerprint density at radius 2 is 1.56 bits per heavy atom. The molecule has 2 aromatic rings. The van der Waals surface area contributed by atoms with Crippen LogP contribution < -0.4 is 19.5 Å². The Labute approximate surface area is 167 Å². The zero-order valence-electron chi connectivity index (χ0n) is 14.7. The molecular formula is C17H18Cl2N2O5S. The van der Waals surface area contributed by atoms with Crippen LogP contribution in [0.5, 0.6) is 11.5 Å². The molecule has 0 saturated heterocycles. The van der Waals surface area contributed by atoms with E-state index in [2.05, 4.69) is 10.0 Å². The van der Waals surface area contributed by atoms with E-state index in [0.717, 1.165) is 0 Å². The molecule has 2 aromatic carbocycles. The summed E-state index contributed by atoms with van der Waals surface area (Å²) in [6.45, 7) is 1.42. The predicted molar refractivity (Wildman–Crippen MR) is 104 cm³/mol. The Morgan fingerprint density at radius 3 is 2.07 bits per heavy atom. The first-order valence-corrected chi connectivity index (χ1v) is 9.92. The van der Waals surface area contributed by atoms with Crippen LogP contribution in [0.4, 0.5) is 5.69 Å². The SMILES string of the molecule is COc1ccc(NC(=O)[C@@H](C)NS(=O)(=O)c2ccc(OC)c(Cl)c2)cc1Cl. The van der Waals surface area contributed by atoms with E-state index in [4.69, 9.17) is 32.7 Å². The minimum atomic E-state index is -3.96. The molecule has 0 bridgehead atoms. The van der Waals surface area contributed by atoms with Gasteiger partial charge in [-0.15, -0.1) is 0 Å². The Morgan fingerprint density at radius 1 is 1.00 bits per heavy atom. The van der Waals surface area contributed by atoms with Crippen LogP contribution in [0.2, 0.25) is 10.0 Å². The summed E-state index contributed by atoms with van der Waals surface area (Å²) in [5, 5.41) is 3.05. The maximum atomic E-state index is 12.5. The van der Waals surface area contributed by atoms with Crippen molar-refractivity contribution in [3.63, 3.8) is 0 Å². The van der Waals surface area contributed by atoms with Crippen LogP contribution in [-0.2, 0) is 14.8 Å². The summed E-state index contributed by atoms with van der Waals surface area (Å²) in [4.78, 5) is 12.2. The summed E-state index contributed by atoms with van der Waals surface area (Å²) in [7, 11) is -1.06. The van der Waals surface area contributed by atoms with Crippen molar-refractivity contribution in [2.24, 2.45) is 0 Å². The Kier molecular flexibility index (Phi) is 6.94. The molecule has 10 heteroatoms. The Balaban J connectivity index is 2.10. The second-order valence-electron chi connectivity index (χ2n) is 5.48. The Bertz CT molecular complexity index is 950. The molecule has 7 nitrogen and oxygen atoms in total. The first kappa shape index (κ1) is 21.3. The van der Waals surface area contributed by atoms with Gasteiger partial charge in [-0.2, -0.15) is 4.72 Å². The van der Waals surface area contributed by atoms with Gasteiger partial charge in [0.1, 0.15) is 11.5 Å². The molecule has 0 fully saturated rings. The van der Waals surface area contributed by atoms with Crippen LogP contribution in [-0.4, -0.2) is 34.6 Å². The van der Waals surface area contributed by atoms with Crippen molar-refractivity contribution >= 4 is 44.8 Å². The van der Waals surface area contributed by atoms with Crippen molar-refractivity contribution in [2.75, 3.05) is 19.5 Å². The highest BCUT2D eigenvalue weighted by molar-refractivity contribution is 7.89. The molecular weight excluding hydrogens is 415 g/mol. The van der Waals surface area contributed by atoms with Gasteiger partial charge in [0.2, 0.25) is 15.9 Å². The molecule has 146 valence electrons. The van der Waals surface area contributed by atoms with Crippen molar-refractivity contribution in [1.29, 1.82) is 0 Å². The molecule has 0 aromatic heterocycles. The lowest BCUT2D eigenvalue weighted by molar-refractivity contribution is -0.117. The highest BCUT2D eigenvalue weighted by Crippen LogP contribution is 2.28. The quantitative estimate of drug-likeness (QED) is 0.699. The van der Waals surface area contributed by atoms with Gasteiger partial charge in [-0.25, -0.2) is 8.42 Å². The van der Waals surface area contributed by atoms with Crippen molar-refractivity contribution < 1.29 is 22.7 Å². The van der Waals surface area contributed by atoms with E-state index in [0.29, 0.717) is 22.2 Å². The standard InChI is InChI=1S/C17H18Cl2N2O5S/c1-10(17(22)20-11-4-6-15(25-2)13(18)8-11)21-27(23,24)12-5-7-16(26-3)14(19)9-12/h4-10,21H,1-3H3,(H,20,22)/t10-/m1/s1. The number of sulfonamides is 1. The average Bonchev–Trinajstić information content (AvgIpc) is 2.61. The molecule has 0 spiro atoms. The third kappa shape index (κ3) is 5.26. The second-order valence-corrected chi connectivity index (χ2v) is 8.01. The van der Waals surface area contributed by atoms with E-state index in [1.54, 1.807) is 12.1 Å². The normalized spacial score (nSPS) is 12.3.